The molecule has 0 radical (unpaired) electrons. The minimum absolute atomic E-state index is 0.613. The molecule has 2 N–H and O–H groups in total. The molecule has 0 aliphatic heterocycles. The van der Waals surface area contributed by atoms with Crippen LogP contribution in [0.3, 0.4) is 0 Å². The third-order valence-corrected chi connectivity index (χ3v) is 3.67. The monoisotopic (exact) mass is 335 g/mol. The number of anilines is 1. The number of halogens is 2. The molecule has 0 spiro atoms. The van der Waals surface area contributed by atoms with Crippen LogP contribution in [-0.4, -0.2) is 9.38 Å². The molecule has 96 valence electrons. The van der Waals surface area contributed by atoms with Crippen LogP contribution in [0, 0.1) is 6.92 Å². The normalized spacial score (nSPS) is 11.1. The lowest BCUT2D eigenvalue weighted by atomic mass is 10.1. The lowest BCUT2D eigenvalue weighted by Gasteiger charge is -2.01. The van der Waals surface area contributed by atoms with Gasteiger partial charge in [-0.1, -0.05) is 23.7 Å². The van der Waals surface area contributed by atoms with E-state index in [4.69, 9.17) is 17.3 Å². The van der Waals surface area contributed by atoms with Gasteiger partial charge in [-0.3, -0.25) is 4.40 Å². The van der Waals surface area contributed by atoms with Gasteiger partial charge in [0.05, 0.1) is 0 Å². The Hall–Kier alpha value is -1.52. The summed E-state index contributed by atoms with van der Waals surface area (Å²) in [5.41, 5.74) is 9.79. The van der Waals surface area contributed by atoms with Crippen LogP contribution in [0.2, 0.25) is 5.02 Å². The third kappa shape index (κ3) is 2.11. The molecule has 0 atom stereocenters. The van der Waals surface area contributed by atoms with Gasteiger partial charge in [0, 0.05) is 21.3 Å². The summed E-state index contributed by atoms with van der Waals surface area (Å²) < 4.78 is 2.86. The number of benzene rings is 1. The molecule has 0 amide bonds. The molecule has 19 heavy (non-hydrogen) atoms. The van der Waals surface area contributed by atoms with Crippen LogP contribution >= 0.6 is 27.5 Å². The zero-order chi connectivity index (χ0) is 13.6. The minimum atomic E-state index is 0.613. The van der Waals surface area contributed by atoms with Crippen molar-refractivity contribution in [1.29, 1.82) is 0 Å². The summed E-state index contributed by atoms with van der Waals surface area (Å²) in [7, 11) is 0. The second-order valence-electron chi connectivity index (χ2n) is 4.39. The van der Waals surface area contributed by atoms with Crippen LogP contribution in [0.1, 0.15) is 5.56 Å². The van der Waals surface area contributed by atoms with Gasteiger partial charge in [0.1, 0.15) is 17.2 Å². The molecular weight excluding hydrogens is 326 g/mol. The molecule has 0 bridgehead atoms. The molecule has 3 rings (SSSR count). The van der Waals surface area contributed by atoms with E-state index in [1.54, 1.807) is 0 Å². The number of fused-ring (bicyclic) bond motifs is 1. The molecule has 3 aromatic rings. The van der Waals surface area contributed by atoms with Crippen LogP contribution in [0.15, 0.2) is 41.0 Å². The highest BCUT2D eigenvalue weighted by atomic mass is 79.9. The number of nitrogens with two attached hydrogens (primary N) is 1. The molecule has 3 nitrogen and oxygen atoms in total. The van der Waals surface area contributed by atoms with E-state index in [2.05, 4.69) is 20.9 Å². The lowest BCUT2D eigenvalue weighted by Crippen LogP contribution is -1.95. The van der Waals surface area contributed by atoms with Crippen LogP contribution in [0.25, 0.3) is 16.9 Å². The second kappa shape index (κ2) is 4.54. The van der Waals surface area contributed by atoms with Gasteiger partial charge in [-0.05, 0) is 46.6 Å². The summed E-state index contributed by atoms with van der Waals surface area (Å²) in [6.45, 7) is 2.01. The molecule has 2 aromatic heterocycles. The van der Waals surface area contributed by atoms with Gasteiger partial charge in [-0.25, -0.2) is 4.98 Å². The number of hydrogen-bond acceptors (Lipinski definition) is 2. The van der Waals surface area contributed by atoms with Crippen molar-refractivity contribution in [2.45, 2.75) is 6.92 Å². The fourth-order valence-corrected chi connectivity index (χ4v) is 2.87. The SMILES string of the molecule is Cc1cc(Br)cn2c(N)c(-c3cccc(Cl)c3)nc12. The highest BCUT2D eigenvalue weighted by Crippen LogP contribution is 2.30. The Morgan fingerprint density at radius 3 is 2.84 bits per heavy atom. The lowest BCUT2D eigenvalue weighted by molar-refractivity contribution is 1.16. The highest BCUT2D eigenvalue weighted by Gasteiger charge is 2.13. The molecule has 0 aliphatic carbocycles. The largest absolute Gasteiger partial charge is 0.383 e. The molecule has 0 fully saturated rings. The standard InChI is InChI=1S/C14H11BrClN3/c1-8-5-10(15)7-19-13(17)12(18-14(8)19)9-3-2-4-11(16)6-9/h2-7H,17H2,1H3. The summed E-state index contributed by atoms with van der Waals surface area (Å²) in [4.78, 5) is 4.62. The van der Waals surface area contributed by atoms with E-state index in [0.29, 0.717) is 10.8 Å². The Balaban J connectivity index is 2.31. The first kappa shape index (κ1) is 12.5. The number of aryl methyl sites for hydroxylation is 1. The molecule has 0 aliphatic rings. The molecule has 2 heterocycles. The minimum Gasteiger partial charge on any atom is -0.383 e. The first-order valence-electron chi connectivity index (χ1n) is 5.76. The van der Waals surface area contributed by atoms with E-state index < -0.39 is 0 Å². The number of rotatable bonds is 1. The Morgan fingerprint density at radius 1 is 1.32 bits per heavy atom. The summed E-state index contributed by atoms with van der Waals surface area (Å²) in [5.74, 6) is 0.613. The maximum Gasteiger partial charge on any atom is 0.142 e. The van der Waals surface area contributed by atoms with Gasteiger partial charge in [-0.15, -0.1) is 0 Å². The molecule has 5 heteroatoms. The Bertz CT molecular complexity index is 780. The number of hydrogen-bond donors (Lipinski definition) is 1. The third-order valence-electron chi connectivity index (χ3n) is 3.01. The zero-order valence-electron chi connectivity index (χ0n) is 10.2. The van der Waals surface area contributed by atoms with E-state index in [-0.39, 0.29) is 0 Å². The number of pyridine rings is 1. The van der Waals surface area contributed by atoms with E-state index in [0.717, 1.165) is 26.9 Å². The van der Waals surface area contributed by atoms with Gasteiger partial charge < -0.3 is 5.73 Å². The summed E-state index contributed by atoms with van der Waals surface area (Å²) >= 11 is 9.49. The van der Waals surface area contributed by atoms with Gasteiger partial charge >= 0.3 is 0 Å². The molecule has 0 unspecified atom stereocenters. The van der Waals surface area contributed by atoms with E-state index in [1.165, 1.54) is 0 Å². The first-order chi connectivity index (χ1) is 9.06. The van der Waals surface area contributed by atoms with Crippen molar-refractivity contribution < 1.29 is 0 Å². The van der Waals surface area contributed by atoms with Crippen molar-refractivity contribution in [2.24, 2.45) is 0 Å². The second-order valence-corrected chi connectivity index (χ2v) is 5.74. The highest BCUT2D eigenvalue weighted by molar-refractivity contribution is 9.10. The molecular formula is C14H11BrClN3. The van der Waals surface area contributed by atoms with Crippen molar-refractivity contribution in [3.8, 4) is 11.3 Å². The molecule has 0 saturated carbocycles. The summed E-state index contributed by atoms with van der Waals surface area (Å²) in [5, 5.41) is 0.673. The van der Waals surface area contributed by atoms with Crippen molar-refractivity contribution in [3.05, 3.63) is 51.6 Å². The van der Waals surface area contributed by atoms with Crippen molar-refractivity contribution in [3.63, 3.8) is 0 Å². The van der Waals surface area contributed by atoms with Crippen LogP contribution in [0.4, 0.5) is 5.82 Å². The zero-order valence-corrected chi connectivity index (χ0v) is 12.5. The Kier molecular flexibility index (Phi) is 2.99. The van der Waals surface area contributed by atoms with Crippen LogP contribution in [-0.2, 0) is 0 Å². The number of nitrogens with zero attached hydrogens (tertiary/aromatic N) is 2. The van der Waals surface area contributed by atoms with Crippen molar-refractivity contribution in [1.82, 2.24) is 9.38 Å². The predicted molar refractivity (Wildman–Crippen MR) is 82.5 cm³/mol. The number of imidazole rings is 1. The Morgan fingerprint density at radius 2 is 2.11 bits per heavy atom. The van der Waals surface area contributed by atoms with Crippen LogP contribution < -0.4 is 5.73 Å². The van der Waals surface area contributed by atoms with Gasteiger partial charge in [0.2, 0.25) is 0 Å². The first-order valence-corrected chi connectivity index (χ1v) is 6.93. The number of nitrogen functional groups attached to an aromatic ring is 1. The Labute approximate surface area is 124 Å². The quantitative estimate of drug-likeness (QED) is 0.719. The topological polar surface area (TPSA) is 43.3 Å². The fraction of sp³-hybridized carbons (Fsp3) is 0.0714. The maximum absolute atomic E-state index is 6.20. The van der Waals surface area contributed by atoms with E-state index in [9.17, 15) is 0 Å². The molecule has 0 saturated heterocycles. The fourth-order valence-electron chi connectivity index (χ4n) is 2.13. The average Bonchev–Trinajstić information content (AvgIpc) is 2.68. The number of aromatic nitrogens is 2. The summed E-state index contributed by atoms with van der Waals surface area (Å²) in [6, 6.07) is 9.56. The van der Waals surface area contributed by atoms with E-state index >= 15 is 0 Å². The predicted octanol–water partition coefficient (Wildman–Crippen LogP) is 4.31. The van der Waals surface area contributed by atoms with Gasteiger partial charge in [0.25, 0.3) is 0 Å². The van der Waals surface area contributed by atoms with E-state index in [1.807, 2.05) is 47.9 Å². The van der Waals surface area contributed by atoms with Crippen molar-refractivity contribution >= 4 is 39.0 Å². The average molecular weight is 337 g/mol. The van der Waals surface area contributed by atoms with Crippen molar-refractivity contribution in [2.75, 3.05) is 5.73 Å². The maximum atomic E-state index is 6.20. The van der Waals surface area contributed by atoms with Crippen LogP contribution in [0.5, 0.6) is 0 Å². The summed E-state index contributed by atoms with van der Waals surface area (Å²) in [6.07, 6.45) is 1.92. The van der Waals surface area contributed by atoms with Gasteiger partial charge in [-0.2, -0.15) is 0 Å². The molecule has 1 aromatic carbocycles. The smallest absolute Gasteiger partial charge is 0.142 e. The van der Waals surface area contributed by atoms with Gasteiger partial charge in [0.15, 0.2) is 0 Å².